The van der Waals surface area contributed by atoms with Crippen LogP contribution in [0.1, 0.15) is 5.56 Å². The molecule has 3 aromatic carbocycles. The lowest BCUT2D eigenvalue weighted by molar-refractivity contribution is 0.466. The Kier molecular flexibility index (Phi) is 5.29. The minimum atomic E-state index is -3.59. The van der Waals surface area contributed by atoms with E-state index in [0.717, 1.165) is 16.7 Å². The molecule has 0 aliphatic rings. The van der Waals surface area contributed by atoms with Crippen LogP contribution in [0, 0.1) is 0 Å². The molecule has 0 saturated carbocycles. The van der Waals surface area contributed by atoms with E-state index >= 15 is 0 Å². The number of rotatable bonds is 6. The topological polar surface area (TPSA) is 63.4 Å². The fraction of sp³-hybridized carbons (Fsp3) is 0.0870. The van der Waals surface area contributed by atoms with Crippen LogP contribution in [0.3, 0.4) is 0 Å². The van der Waals surface area contributed by atoms with Crippen LogP contribution < -0.4 is 0 Å². The summed E-state index contributed by atoms with van der Waals surface area (Å²) in [6.07, 6.45) is 1.67. The van der Waals surface area contributed by atoms with Gasteiger partial charge in [-0.2, -0.15) is 4.31 Å². The van der Waals surface area contributed by atoms with Crippen LogP contribution in [-0.2, 0) is 16.6 Å². The predicted octanol–water partition coefficient (Wildman–Crippen LogP) is 4.83. The van der Waals surface area contributed by atoms with Crippen LogP contribution in [0.25, 0.3) is 22.8 Å². The molecule has 0 fully saturated rings. The number of nitrogens with zero attached hydrogens (tertiary/aromatic N) is 2. The summed E-state index contributed by atoms with van der Waals surface area (Å²) < 4.78 is 32.9. The number of oxazole rings is 1. The summed E-state index contributed by atoms with van der Waals surface area (Å²) in [5, 5.41) is 0. The normalized spacial score (nSPS) is 11.7. The smallest absolute Gasteiger partial charge is 0.243 e. The maximum absolute atomic E-state index is 12.9. The Morgan fingerprint density at radius 3 is 2.10 bits per heavy atom. The molecule has 0 bridgehead atoms. The molecule has 0 N–H and O–H groups in total. The Balaban J connectivity index is 1.54. The van der Waals surface area contributed by atoms with E-state index in [1.165, 1.54) is 4.31 Å². The van der Waals surface area contributed by atoms with E-state index in [0.29, 0.717) is 18.2 Å². The zero-order valence-corrected chi connectivity index (χ0v) is 16.7. The van der Waals surface area contributed by atoms with Crippen molar-refractivity contribution < 1.29 is 12.8 Å². The molecule has 6 heteroatoms. The van der Waals surface area contributed by atoms with Gasteiger partial charge >= 0.3 is 0 Å². The monoisotopic (exact) mass is 404 g/mol. The highest BCUT2D eigenvalue weighted by molar-refractivity contribution is 7.89. The van der Waals surface area contributed by atoms with Gasteiger partial charge in [0.15, 0.2) is 5.76 Å². The zero-order chi connectivity index (χ0) is 20.3. The first-order valence-corrected chi connectivity index (χ1v) is 10.6. The third kappa shape index (κ3) is 4.13. The largest absolute Gasteiger partial charge is 0.436 e. The van der Waals surface area contributed by atoms with Crippen molar-refractivity contribution in [3.63, 3.8) is 0 Å². The van der Waals surface area contributed by atoms with Crippen molar-refractivity contribution in [2.45, 2.75) is 11.4 Å². The van der Waals surface area contributed by atoms with Crippen molar-refractivity contribution in [1.82, 2.24) is 9.29 Å². The Morgan fingerprint density at radius 2 is 1.45 bits per heavy atom. The summed E-state index contributed by atoms with van der Waals surface area (Å²) in [6.45, 7) is 0.311. The van der Waals surface area contributed by atoms with E-state index in [-0.39, 0.29) is 4.90 Å². The fourth-order valence-corrected chi connectivity index (χ4v) is 4.18. The van der Waals surface area contributed by atoms with Crippen LogP contribution >= 0.6 is 0 Å². The van der Waals surface area contributed by atoms with Crippen molar-refractivity contribution in [2.24, 2.45) is 0 Å². The lowest BCUT2D eigenvalue weighted by Gasteiger charge is -2.17. The quantitative estimate of drug-likeness (QED) is 0.462. The third-order valence-corrected chi connectivity index (χ3v) is 6.44. The Bertz CT molecular complexity index is 1190. The number of sulfonamides is 1. The summed E-state index contributed by atoms with van der Waals surface area (Å²) in [7, 11) is -2.01. The molecule has 0 aliphatic heterocycles. The Morgan fingerprint density at radius 1 is 0.828 bits per heavy atom. The first-order valence-electron chi connectivity index (χ1n) is 9.16. The van der Waals surface area contributed by atoms with Crippen LogP contribution in [0.5, 0.6) is 0 Å². The highest BCUT2D eigenvalue weighted by atomic mass is 32.2. The SMILES string of the molecule is CN(Cc1ccccc1)S(=O)(=O)c1ccc(-c2ncc(-c3ccccc3)o2)cc1. The molecule has 0 amide bonds. The third-order valence-electron chi connectivity index (χ3n) is 4.62. The van der Waals surface area contributed by atoms with Crippen molar-refractivity contribution in [3.8, 4) is 22.8 Å². The van der Waals surface area contributed by atoms with Gasteiger partial charge in [0.25, 0.3) is 0 Å². The minimum Gasteiger partial charge on any atom is -0.436 e. The first kappa shape index (κ1) is 19.1. The summed E-state index contributed by atoms with van der Waals surface area (Å²) in [4.78, 5) is 4.55. The van der Waals surface area contributed by atoms with Crippen LogP contribution in [0.2, 0.25) is 0 Å². The standard InChI is InChI=1S/C23H20N2O3S/c1-25(17-18-8-4-2-5-9-18)29(26,27)21-14-12-20(13-15-21)23-24-16-22(28-23)19-10-6-3-7-11-19/h2-16H,17H2,1H3. The van der Waals surface area contributed by atoms with E-state index in [1.54, 1.807) is 37.5 Å². The molecule has 4 rings (SSSR count). The molecule has 1 aromatic heterocycles. The molecule has 5 nitrogen and oxygen atoms in total. The van der Waals surface area contributed by atoms with Crippen LogP contribution in [-0.4, -0.2) is 24.8 Å². The summed E-state index contributed by atoms with van der Waals surface area (Å²) in [5.41, 5.74) is 2.59. The molecule has 29 heavy (non-hydrogen) atoms. The highest BCUT2D eigenvalue weighted by Crippen LogP contribution is 2.27. The first-order chi connectivity index (χ1) is 14.0. The second-order valence-electron chi connectivity index (χ2n) is 6.67. The average molecular weight is 404 g/mol. The second-order valence-corrected chi connectivity index (χ2v) is 8.71. The highest BCUT2D eigenvalue weighted by Gasteiger charge is 2.21. The molecule has 0 saturated heterocycles. The predicted molar refractivity (Wildman–Crippen MR) is 112 cm³/mol. The van der Waals surface area contributed by atoms with E-state index in [4.69, 9.17) is 4.42 Å². The average Bonchev–Trinajstić information content (AvgIpc) is 3.25. The molecule has 0 radical (unpaired) electrons. The Hall–Kier alpha value is -3.22. The number of benzene rings is 3. The maximum Gasteiger partial charge on any atom is 0.243 e. The summed E-state index contributed by atoms with van der Waals surface area (Å²) in [5.74, 6) is 1.12. The van der Waals surface area contributed by atoms with E-state index in [1.807, 2.05) is 60.7 Å². The molecule has 0 unspecified atom stereocenters. The van der Waals surface area contributed by atoms with Gasteiger partial charge in [-0.3, -0.25) is 0 Å². The van der Waals surface area contributed by atoms with Crippen molar-refractivity contribution in [2.75, 3.05) is 7.05 Å². The second kappa shape index (κ2) is 8.03. The zero-order valence-electron chi connectivity index (χ0n) is 15.9. The lowest BCUT2D eigenvalue weighted by Crippen LogP contribution is -2.26. The molecular weight excluding hydrogens is 384 g/mol. The van der Waals surface area contributed by atoms with Gasteiger partial charge in [0.05, 0.1) is 11.1 Å². The molecule has 0 spiro atoms. The van der Waals surface area contributed by atoms with Crippen molar-refractivity contribution in [3.05, 3.63) is 96.7 Å². The molecule has 4 aromatic rings. The van der Waals surface area contributed by atoms with E-state index in [9.17, 15) is 8.42 Å². The molecule has 146 valence electrons. The number of aromatic nitrogens is 1. The van der Waals surface area contributed by atoms with Gasteiger partial charge in [0.1, 0.15) is 0 Å². The summed E-state index contributed by atoms with van der Waals surface area (Å²) >= 11 is 0. The van der Waals surface area contributed by atoms with Crippen molar-refractivity contribution >= 4 is 10.0 Å². The lowest BCUT2D eigenvalue weighted by atomic mass is 10.2. The van der Waals surface area contributed by atoms with E-state index in [2.05, 4.69) is 4.98 Å². The molecule has 0 aliphatic carbocycles. The van der Waals surface area contributed by atoms with Gasteiger partial charge in [0.2, 0.25) is 15.9 Å². The molecular formula is C23H20N2O3S. The van der Waals surface area contributed by atoms with Gasteiger partial charge in [0, 0.05) is 24.7 Å². The maximum atomic E-state index is 12.9. The summed E-state index contributed by atoms with van der Waals surface area (Å²) in [6, 6.07) is 25.8. The minimum absolute atomic E-state index is 0.231. The fourth-order valence-electron chi connectivity index (χ4n) is 3.02. The number of hydrogen-bond acceptors (Lipinski definition) is 4. The van der Waals surface area contributed by atoms with Gasteiger partial charge in [-0.15, -0.1) is 0 Å². The number of hydrogen-bond donors (Lipinski definition) is 0. The van der Waals surface area contributed by atoms with Gasteiger partial charge in [-0.1, -0.05) is 60.7 Å². The van der Waals surface area contributed by atoms with Gasteiger partial charge < -0.3 is 4.42 Å². The van der Waals surface area contributed by atoms with E-state index < -0.39 is 10.0 Å². The van der Waals surface area contributed by atoms with Crippen molar-refractivity contribution in [1.29, 1.82) is 0 Å². The molecule has 1 heterocycles. The van der Waals surface area contributed by atoms with Gasteiger partial charge in [-0.25, -0.2) is 13.4 Å². The van der Waals surface area contributed by atoms with Crippen LogP contribution in [0.15, 0.2) is 100 Å². The van der Waals surface area contributed by atoms with Crippen LogP contribution in [0.4, 0.5) is 0 Å². The van der Waals surface area contributed by atoms with Gasteiger partial charge in [-0.05, 0) is 29.8 Å². The Labute approximate surface area is 170 Å². The molecule has 0 atom stereocenters.